The Bertz CT molecular complexity index is 373. The van der Waals surface area contributed by atoms with Crippen molar-refractivity contribution in [2.24, 2.45) is 0 Å². The van der Waals surface area contributed by atoms with Crippen molar-refractivity contribution in [3.05, 3.63) is 0 Å². The van der Waals surface area contributed by atoms with Crippen molar-refractivity contribution in [2.75, 3.05) is 7.11 Å². The fourth-order valence-corrected chi connectivity index (χ4v) is 2.03. The molecule has 0 atom stereocenters. The topological polar surface area (TPSA) is 81.7 Å². The molecule has 1 rings (SSSR count). The second-order valence-electron chi connectivity index (χ2n) is 5.74. The van der Waals surface area contributed by atoms with Gasteiger partial charge in [0.15, 0.2) is 0 Å². The maximum absolute atomic E-state index is 11.9. The molecule has 0 aliphatic heterocycles. The SMILES string of the molecule is COC(=O)C1(NC(=O)OC(C)(C)C)CCC(=O)CC1. The van der Waals surface area contributed by atoms with E-state index < -0.39 is 23.2 Å². The van der Waals surface area contributed by atoms with Gasteiger partial charge >= 0.3 is 12.1 Å². The van der Waals surface area contributed by atoms with Crippen LogP contribution in [-0.4, -0.2) is 36.1 Å². The number of nitrogens with one attached hydrogen (secondary N) is 1. The van der Waals surface area contributed by atoms with E-state index in [2.05, 4.69) is 5.32 Å². The number of hydrogen-bond acceptors (Lipinski definition) is 5. The molecule has 108 valence electrons. The smallest absolute Gasteiger partial charge is 0.408 e. The van der Waals surface area contributed by atoms with Crippen molar-refractivity contribution in [3.63, 3.8) is 0 Å². The van der Waals surface area contributed by atoms with Gasteiger partial charge in [0.1, 0.15) is 16.9 Å². The lowest BCUT2D eigenvalue weighted by Crippen LogP contribution is -2.57. The van der Waals surface area contributed by atoms with E-state index in [0.717, 1.165) is 0 Å². The fraction of sp³-hybridized carbons (Fsp3) is 0.769. The number of rotatable bonds is 2. The van der Waals surface area contributed by atoms with Crippen molar-refractivity contribution in [1.29, 1.82) is 0 Å². The highest BCUT2D eigenvalue weighted by Gasteiger charge is 2.44. The summed E-state index contributed by atoms with van der Waals surface area (Å²) < 4.78 is 9.88. The Morgan fingerprint density at radius 1 is 1.21 bits per heavy atom. The first kappa shape index (κ1) is 15.5. The summed E-state index contributed by atoms with van der Waals surface area (Å²) in [4.78, 5) is 35.0. The largest absolute Gasteiger partial charge is 0.467 e. The quantitative estimate of drug-likeness (QED) is 0.771. The number of Topliss-reactive ketones (excluding diaryl/α,β-unsaturated/α-hetero) is 1. The van der Waals surface area contributed by atoms with Gasteiger partial charge in [0, 0.05) is 12.8 Å². The summed E-state index contributed by atoms with van der Waals surface area (Å²) in [5, 5.41) is 2.57. The van der Waals surface area contributed by atoms with Crippen LogP contribution >= 0.6 is 0 Å². The summed E-state index contributed by atoms with van der Waals surface area (Å²) in [5.74, 6) is -0.448. The van der Waals surface area contributed by atoms with Crippen LogP contribution < -0.4 is 5.32 Å². The van der Waals surface area contributed by atoms with Gasteiger partial charge in [-0.25, -0.2) is 9.59 Å². The molecule has 0 bridgehead atoms. The van der Waals surface area contributed by atoms with E-state index in [1.54, 1.807) is 20.8 Å². The first-order valence-corrected chi connectivity index (χ1v) is 6.30. The summed E-state index contributed by atoms with van der Waals surface area (Å²) in [6, 6.07) is 0. The summed E-state index contributed by atoms with van der Waals surface area (Å²) in [7, 11) is 1.26. The average molecular weight is 271 g/mol. The number of methoxy groups -OCH3 is 1. The molecule has 1 N–H and O–H groups in total. The number of carbonyl (C=O) groups excluding carboxylic acids is 3. The molecule has 0 spiro atoms. The number of carbonyl (C=O) groups is 3. The van der Waals surface area contributed by atoms with Crippen LogP contribution in [0.1, 0.15) is 46.5 Å². The number of amides is 1. The van der Waals surface area contributed by atoms with Gasteiger partial charge in [-0.15, -0.1) is 0 Å². The molecule has 0 saturated heterocycles. The van der Waals surface area contributed by atoms with Crippen LogP contribution in [0.5, 0.6) is 0 Å². The second kappa shape index (κ2) is 5.59. The van der Waals surface area contributed by atoms with Crippen LogP contribution in [0, 0.1) is 0 Å². The molecule has 0 aromatic rings. The number of esters is 1. The lowest BCUT2D eigenvalue weighted by atomic mass is 9.81. The summed E-state index contributed by atoms with van der Waals surface area (Å²) in [6.45, 7) is 5.21. The molecular weight excluding hydrogens is 250 g/mol. The molecule has 0 aromatic carbocycles. The highest BCUT2D eigenvalue weighted by Crippen LogP contribution is 2.28. The molecule has 6 heteroatoms. The second-order valence-corrected chi connectivity index (χ2v) is 5.74. The molecule has 0 heterocycles. The summed E-state index contributed by atoms with van der Waals surface area (Å²) in [6.07, 6.45) is 0.331. The van der Waals surface area contributed by atoms with Crippen LogP contribution in [0.25, 0.3) is 0 Å². The van der Waals surface area contributed by atoms with E-state index in [1.165, 1.54) is 7.11 Å². The van der Waals surface area contributed by atoms with Gasteiger partial charge in [0.25, 0.3) is 0 Å². The maximum atomic E-state index is 11.9. The Morgan fingerprint density at radius 3 is 2.16 bits per heavy atom. The molecule has 1 aliphatic carbocycles. The Kier molecular flexibility index (Phi) is 4.55. The molecule has 1 saturated carbocycles. The monoisotopic (exact) mass is 271 g/mol. The van der Waals surface area contributed by atoms with E-state index in [9.17, 15) is 14.4 Å². The van der Waals surface area contributed by atoms with Crippen LogP contribution in [0.15, 0.2) is 0 Å². The highest BCUT2D eigenvalue weighted by molar-refractivity contribution is 5.89. The fourth-order valence-electron chi connectivity index (χ4n) is 2.03. The van der Waals surface area contributed by atoms with E-state index in [0.29, 0.717) is 0 Å². The van der Waals surface area contributed by atoms with Crippen molar-refractivity contribution in [1.82, 2.24) is 5.32 Å². The van der Waals surface area contributed by atoms with E-state index in [-0.39, 0.29) is 31.5 Å². The predicted molar refractivity (Wildman–Crippen MR) is 67.6 cm³/mol. The Labute approximate surface area is 112 Å². The minimum Gasteiger partial charge on any atom is -0.467 e. The van der Waals surface area contributed by atoms with Crippen molar-refractivity contribution >= 4 is 17.8 Å². The van der Waals surface area contributed by atoms with Gasteiger partial charge in [0.05, 0.1) is 7.11 Å². The minimum atomic E-state index is -1.15. The number of ether oxygens (including phenoxy) is 2. The molecular formula is C13H21NO5. The maximum Gasteiger partial charge on any atom is 0.408 e. The zero-order valence-electron chi connectivity index (χ0n) is 11.9. The van der Waals surface area contributed by atoms with Gasteiger partial charge in [-0.05, 0) is 33.6 Å². The standard InChI is InChI=1S/C13H21NO5/c1-12(2,3)19-11(17)14-13(10(16)18-4)7-5-9(15)6-8-13/h5-8H2,1-4H3,(H,14,17). The predicted octanol–water partition coefficient (Wildman–Crippen LogP) is 1.57. The van der Waals surface area contributed by atoms with Crippen LogP contribution in [0.2, 0.25) is 0 Å². The van der Waals surface area contributed by atoms with Gasteiger partial charge < -0.3 is 14.8 Å². The van der Waals surface area contributed by atoms with E-state index in [4.69, 9.17) is 9.47 Å². The Morgan fingerprint density at radius 2 is 1.74 bits per heavy atom. The third-order valence-corrected chi connectivity index (χ3v) is 2.98. The number of alkyl carbamates (subject to hydrolysis) is 1. The van der Waals surface area contributed by atoms with Crippen molar-refractivity contribution < 1.29 is 23.9 Å². The third-order valence-electron chi connectivity index (χ3n) is 2.98. The zero-order chi connectivity index (χ0) is 14.7. The lowest BCUT2D eigenvalue weighted by molar-refractivity contribution is -0.150. The lowest BCUT2D eigenvalue weighted by Gasteiger charge is -2.35. The molecule has 0 aromatic heterocycles. The molecule has 1 amide bonds. The summed E-state index contributed by atoms with van der Waals surface area (Å²) >= 11 is 0. The van der Waals surface area contributed by atoms with Gasteiger partial charge in [0.2, 0.25) is 0 Å². The first-order chi connectivity index (χ1) is 8.68. The summed E-state index contributed by atoms with van der Waals surface area (Å²) in [5.41, 5.74) is -1.79. The zero-order valence-corrected chi connectivity index (χ0v) is 11.9. The van der Waals surface area contributed by atoms with Crippen LogP contribution in [0.3, 0.4) is 0 Å². The van der Waals surface area contributed by atoms with Gasteiger partial charge in [-0.2, -0.15) is 0 Å². The Balaban J connectivity index is 2.79. The molecule has 6 nitrogen and oxygen atoms in total. The molecule has 19 heavy (non-hydrogen) atoms. The van der Waals surface area contributed by atoms with Crippen molar-refractivity contribution in [2.45, 2.75) is 57.6 Å². The molecule has 0 unspecified atom stereocenters. The van der Waals surface area contributed by atoms with Crippen molar-refractivity contribution in [3.8, 4) is 0 Å². The first-order valence-electron chi connectivity index (χ1n) is 6.30. The van der Waals surface area contributed by atoms with Crippen LogP contribution in [-0.2, 0) is 19.1 Å². The van der Waals surface area contributed by atoms with E-state index in [1.807, 2.05) is 0 Å². The molecule has 1 aliphatic rings. The van der Waals surface area contributed by atoms with Crippen LogP contribution in [0.4, 0.5) is 4.79 Å². The Hall–Kier alpha value is -1.59. The third kappa shape index (κ3) is 4.22. The number of hydrogen-bond donors (Lipinski definition) is 1. The molecule has 1 fully saturated rings. The number of ketones is 1. The molecule has 0 radical (unpaired) electrons. The highest BCUT2D eigenvalue weighted by atomic mass is 16.6. The minimum absolute atomic E-state index is 0.0884. The normalized spacial score (nSPS) is 18.6. The average Bonchev–Trinajstić information content (AvgIpc) is 2.29. The van der Waals surface area contributed by atoms with Gasteiger partial charge in [-0.3, -0.25) is 4.79 Å². The van der Waals surface area contributed by atoms with E-state index >= 15 is 0 Å². The van der Waals surface area contributed by atoms with Gasteiger partial charge in [-0.1, -0.05) is 0 Å².